The zero-order chi connectivity index (χ0) is 31.6. The van der Waals surface area contributed by atoms with Crippen LogP contribution in [0.15, 0.2) is 0 Å². The topological polar surface area (TPSA) is 57.5 Å². The molecule has 0 rings (SSSR count). The molecule has 258 valence electrons. The van der Waals surface area contributed by atoms with E-state index in [1.54, 1.807) is 0 Å². The monoisotopic (exact) mass is 655 g/mol. The minimum absolute atomic E-state index is 1.29. The lowest BCUT2D eigenvalue weighted by Crippen LogP contribution is -1.84. The van der Waals surface area contributed by atoms with Crippen LogP contribution in [0.1, 0.15) is 207 Å². The molecule has 0 atom stereocenters. The molecule has 0 saturated heterocycles. The van der Waals surface area contributed by atoms with E-state index in [2.05, 4.69) is 51.2 Å². The molecule has 0 fully saturated rings. The molecule has 0 radical (unpaired) electrons. The Balaban J connectivity index is -0.000000641. The van der Waals surface area contributed by atoms with Gasteiger partial charge in [0.1, 0.15) is 0 Å². The first-order valence-corrected chi connectivity index (χ1v) is 22.2. The largest absolute Gasteiger partial charge is 0.326 e. The van der Waals surface area contributed by atoms with Crippen molar-refractivity contribution in [3.8, 4) is 0 Å². The van der Waals surface area contributed by atoms with Crippen LogP contribution in [0.3, 0.4) is 0 Å². The van der Waals surface area contributed by atoms with Crippen LogP contribution < -0.4 is 0 Å². The Morgan fingerprint density at radius 1 is 0.357 bits per heavy atom. The molecule has 0 aromatic carbocycles. The lowest BCUT2D eigenvalue weighted by atomic mass is 10.0. The quantitative estimate of drug-likeness (QED) is 0.0558. The Kier molecular flexibility index (Phi) is 54.9. The summed E-state index contributed by atoms with van der Waals surface area (Å²) in [5.41, 5.74) is 0. The van der Waals surface area contributed by atoms with E-state index < -0.39 is 8.25 Å². The van der Waals surface area contributed by atoms with Gasteiger partial charge in [-0.3, -0.25) is 4.57 Å². The third-order valence-electron chi connectivity index (χ3n) is 7.69. The van der Waals surface area contributed by atoms with E-state index in [9.17, 15) is 0 Å². The molecule has 0 amide bonds. The SMILES string of the molecule is CCCCCCCCCCCCCCCCSCC.CCCCCCCCCCCCCCCCSCC.O=[PH](O)O. The van der Waals surface area contributed by atoms with Crippen molar-refractivity contribution in [2.75, 3.05) is 23.0 Å². The predicted octanol–water partition coefficient (Wildman–Crippen LogP) is 13.8. The Bertz CT molecular complexity index is 385. The number of hydrogen-bond donors (Lipinski definition) is 2. The zero-order valence-electron chi connectivity index (χ0n) is 29.2. The maximum Gasteiger partial charge on any atom is 0.314 e. The highest BCUT2D eigenvalue weighted by atomic mass is 32.2. The van der Waals surface area contributed by atoms with Crippen LogP contribution in [0.2, 0.25) is 0 Å². The molecule has 0 aliphatic carbocycles. The molecule has 0 aliphatic rings. The van der Waals surface area contributed by atoms with Crippen LogP contribution in [-0.4, -0.2) is 32.8 Å². The van der Waals surface area contributed by atoms with E-state index in [0.29, 0.717) is 0 Å². The summed E-state index contributed by atoms with van der Waals surface area (Å²) in [7, 11) is -3.13. The minimum Gasteiger partial charge on any atom is -0.326 e. The molecular formula is C36H79O3PS2. The highest BCUT2D eigenvalue weighted by Crippen LogP contribution is 2.15. The van der Waals surface area contributed by atoms with Gasteiger partial charge in [0.15, 0.2) is 0 Å². The van der Waals surface area contributed by atoms with Gasteiger partial charge in [-0.25, -0.2) is 0 Å². The first-order chi connectivity index (χ1) is 20.6. The second-order valence-corrected chi connectivity index (χ2v) is 15.2. The van der Waals surface area contributed by atoms with Gasteiger partial charge in [0, 0.05) is 0 Å². The maximum absolute atomic E-state index is 8.74. The van der Waals surface area contributed by atoms with Crippen molar-refractivity contribution >= 4 is 31.8 Å². The van der Waals surface area contributed by atoms with E-state index in [4.69, 9.17) is 14.4 Å². The highest BCUT2D eigenvalue weighted by Gasteiger charge is 1.95. The summed E-state index contributed by atoms with van der Waals surface area (Å²) >= 11 is 4.18. The fraction of sp³-hybridized carbons (Fsp3) is 1.00. The average molecular weight is 655 g/mol. The third kappa shape index (κ3) is 60.1. The van der Waals surface area contributed by atoms with Gasteiger partial charge >= 0.3 is 8.25 Å². The van der Waals surface area contributed by atoms with Crippen LogP contribution >= 0.6 is 31.8 Å². The number of rotatable bonds is 32. The molecule has 0 aromatic heterocycles. The van der Waals surface area contributed by atoms with Crippen LogP contribution in [0.5, 0.6) is 0 Å². The Labute approximate surface area is 275 Å². The summed E-state index contributed by atoms with van der Waals surface area (Å²) in [4.78, 5) is 14.3. The molecule has 0 bridgehead atoms. The number of unbranched alkanes of at least 4 members (excludes halogenated alkanes) is 26. The van der Waals surface area contributed by atoms with Gasteiger partial charge in [-0.05, 0) is 35.9 Å². The van der Waals surface area contributed by atoms with Crippen LogP contribution in [-0.2, 0) is 4.57 Å². The molecule has 0 aromatic rings. The van der Waals surface area contributed by atoms with Crippen molar-refractivity contribution in [3.05, 3.63) is 0 Å². The smallest absolute Gasteiger partial charge is 0.314 e. The van der Waals surface area contributed by atoms with Crippen molar-refractivity contribution in [1.82, 2.24) is 0 Å². The first-order valence-electron chi connectivity index (χ1n) is 18.6. The van der Waals surface area contributed by atoms with Crippen LogP contribution in [0.4, 0.5) is 0 Å². The van der Waals surface area contributed by atoms with Gasteiger partial charge in [0.25, 0.3) is 0 Å². The molecule has 0 heterocycles. The second kappa shape index (κ2) is 48.7. The summed E-state index contributed by atoms with van der Waals surface area (Å²) in [5, 5.41) is 0. The van der Waals surface area contributed by atoms with Gasteiger partial charge in [-0.1, -0.05) is 195 Å². The minimum atomic E-state index is -3.13. The standard InChI is InChI=1S/2C18H38S.H3O3P/c2*1-3-5-6-7-8-9-10-11-12-13-14-15-16-17-18-19-4-2;1-4(2)3/h2*3-18H2,1-2H3;4H,(H2,1,2,3). The molecular weight excluding hydrogens is 576 g/mol. The summed E-state index contributed by atoms with van der Waals surface area (Å²) in [5.74, 6) is 5.35. The lowest BCUT2D eigenvalue weighted by Gasteiger charge is -2.03. The van der Waals surface area contributed by atoms with Gasteiger partial charge < -0.3 is 9.79 Å². The van der Waals surface area contributed by atoms with Crippen molar-refractivity contribution in [1.29, 1.82) is 0 Å². The van der Waals surface area contributed by atoms with Crippen molar-refractivity contribution in [2.45, 2.75) is 207 Å². The lowest BCUT2D eigenvalue weighted by molar-refractivity contribution is 0.405. The van der Waals surface area contributed by atoms with Crippen molar-refractivity contribution in [2.24, 2.45) is 0 Å². The zero-order valence-corrected chi connectivity index (χ0v) is 31.9. The normalized spacial score (nSPS) is 10.8. The van der Waals surface area contributed by atoms with E-state index in [1.807, 2.05) is 0 Å². The Hall–Kier alpha value is 0.850. The summed E-state index contributed by atoms with van der Waals surface area (Å²) in [6.07, 6.45) is 41.0. The molecule has 6 heteroatoms. The summed E-state index contributed by atoms with van der Waals surface area (Å²) in [6, 6.07) is 0. The maximum atomic E-state index is 8.74. The summed E-state index contributed by atoms with van der Waals surface area (Å²) < 4.78 is 8.74. The molecule has 3 nitrogen and oxygen atoms in total. The van der Waals surface area contributed by atoms with Gasteiger partial charge in [0.05, 0.1) is 0 Å². The van der Waals surface area contributed by atoms with Gasteiger partial charge in [-0.2, -0.15) is 23.5 Å². The average Bonchev–Trinajstić information content (AvgIpc) is 2.97. The number of thioether (sulfide) groups is 2. The van der Waals surface area contributed by atoms with Gasteiger partial charge in [0.2, 0.25) is 0 Å². The van der Waals surface area contributed by atoms with Crippen LogP contribution in [0, 0.1) is 0 Å². The molecule has 0 spiro atoms. The number of hydrogen-bond acceptors (Lipinski definition) is 3. The van der Waals surface area contributed by atoms with E-state index in [0.717, 1.165) is 0 Å². The van der Waals surface area contributed by atoms with E-state index in [-0.39, 0.29) is 0 Å². The van der Waals surface area contributed by atoms with E-state index >= 15 is 0 Å². The van der Waals surface area contributed by atoms with E-state index in [1.165, 1.54) is 203 Å². The molecule has 2 N–H and O–H groups in total. The fourth-order valence-corrected chi connectivity index (χ4v) is 6.48. The van der Waals surface area contributed by atoms with Crippen molar-refractivity contribution in [3.63, 3.8) is 0 Å². The molecule has 0 unspecified atom stereocenters. The molecule has 42 heavy (non-hydrogen) atoms. The Morgan fingerprint density at radius 3 is 0.690 bits per heavy atom. The predicted molar refractivity (Wildman–Crippen MR) is 200 cm³/mol. The van der Waals surface area contributed by atoms with Gasteiger partial charge in [-0.15, -0.1) is 0 Å². The second-order valence-electron chi connectivity index (χ2n) is 11.9. The summed E-state index contributed by atoms with van der Waals surface area (Å²) in [6.45, 7) is 9.11. The third-order valence-corrected chi connectivity index (χ3v) is 9.66. The highest BCUT2D eigenvalue weighted by molar-refractivity contribution is 7.99. The molecule has 0 saturated carbocycles. The first kappa shape index (κ1) is 47.3. The van der Waals surface area contributed by atoms with Crippen LogP contribution in [0.25, 0.3) is 0 Å². The molecule has 0 aliphatic heterocycles. The van der Waals surface area contributed by atoms with Crippen molar-refractivity contribution < 1.29 is 14.4 Å². The fourth-order valence-electron chi connectivity index (χ4n) is 5.09. The Morgan fingerprint density at radius 2 is 0.524 bits per heavy atom.